The van der Waals surface area contributed by atoms with Crippen molar-refractivity contribution in [3.05, 3.63) is 138 Å². The molecule has 0 spiro atoms. The number of halogens is 1. The van der Waals surface area contributed by atoms with Crippen LogP contribution in [0.15, 0.2) is 102 Å². The molecule has 8 heteroatoms. The van der Waals surface area contributed by atoms with Crippen molar-refractivity contribution in [2.75, 3.05) is 0 Å². The second kappa shape index (κ2) is 15.1. The molecule has 4 heterocycles. The van der Waals surface area contributed by atoms with Crippen LogP contribution >= 0.6 is 0 Å². The molecule has 4 aromatic heterocycles. The van der Waals surface area contributed by atoms with Gasteiger partial charge in [0, 0.05) is 47.3 Å². The number of aromatic nitrogens is 5. The molecular formula is C45H42FIrN5O-2. The molecule has 0 amide bonds. The van der Waals surface area contributed by atoms with Crippen LogP contribution in [0.3, 0.4) is 0 Å². The Kier molecular flexibility index (Phi) is 9.64. The van der Waals surface area contributed by atoms with Crippen LogP contribution in [-0.4, -0.2) is 24.5 Å². The van der Waals surface area contributed by atoms with Crippen LogP contribution in [0.4, 0.5) is 4.39 Å². The summed E-state index contributed by atoms with van der Waals surface area (Å²) in [5.41, 5.74) is 9.19. The molecule has 0 aliphatic carbocycles. The number of pyridine rings is 1. The van der Waals surface area contributed by atoms with Crippen LogP contribution in [0, 0.1) is 24.8 Å². The summed E-state index contributed by atoms with van der Waals surface area (Å²) in [7, 11) is 0. The van der Waals surface area contributed by atoms with Gasteiger partial charge in [-0.25, -0.2) is 9.97 Å². The number of benzene rings is 4. The van der Waals surface area contributed by atoms with Crippen molar-refractivity contribution in [3.63, 3.8) is 0 Å². The molecule has 4 aromatic carbocycles. The molecule has 0 aliphatic heterocycles. The Morgan fingerprint density at radius 3 is 2.26 bits per heavy atom. The molecule has 53 heavy (non-hydrogen) atoms. The molecule has 8 aromatic rings. The maximum absolute atomic E-state index is 14.1. The van der Waals surface area contributed by atoms with E-state index in [2.05, 4.69) is 110 Å². The molecule has 0 N–H and O–H groups in total. The monoisotopic (exact) mass is 883 g/mol. The normalized spacial score (nSPS) is 12.8. The third-order valence-electron chi connectivity index (χ3n) is 9.23. The first kappa shape index (κ1) is 33.8. The van der Waals surface area contributed by atoms with Gasteiger partial charge in [0.1, 0.15) is 17.4 Å². The number of nitrogens with zero attached hydrogens (tertiary/aromatic N) is 5. The molecule has 0 atom stereocenters. The first-order valence-corrected chi connectivity index (χ1v) is 17.5. The van der Waals surface area contributed by atoms with Crippen LogP contribution in [0.2, 0.25) is 0 Å². The van der Waals surface area contributed by atoms with Crippen molar-refractivity contribution in [3.8, 4) is 28.3 Å². The fourth-order valence-electron chi connectivity index (χ4n) is 6.49. The summed E-state index contributed by atoms with van der Waals surface area (Å²) in [5.74, 6) is 0.786. The van der Waals surface area contributed by atoms with Crippen LogP contribution in [0.5, 0.6) is 0 Å². The van der Waals surface area contributed by atoms with Gasteiger partial charge in [0.2, 0.25) is 0 Å². The maximum Gasteiger partial charge on any atom is 0.158 e. The number of rotatable bonds is 5. The molecule has 0 saturated heterocycles. The number of aryl methyl sites for hydroxylation is 1. The summed E-state index contributed by atoms with van der Waals surface area (Å²) in [6.07, 6.45) is 5.07. The van der Waals surface area contributed by atoms with Crippen molar-refractivity contribution in [1.29, 1.82) is 0 Å². The van der Waals surface area contributed by atoms with E-state index >= 15 is 0 Å². The van der Waals surface area contributed by atoms with Crippen LogP contribution in [0.25, 0.3) is 61.4 Å². The van der Waals surface area contributed by atoms with Crippen LogP contribution in [-0.2, 0) is 25.5 Å². The quantitative estimate of drug-likeness (QED) is 0.161. The Bertz CT molecular complexity index is 2630. The van der Waals surface area contributed by atoms with Crippen molar-refractivity contribution in [1.82, 2.24) is 24.5 Å². The van der Waals surface area contributed by atoms with Gasteiger partial charge in [-0.1, -0.05) is 120 Å². The third-order valence-corrected chi connectivity index (χ3v) is 9.23. The van der Waals surface area contributed by atoms with Gasteiger partial charge in [0.05, 0.1) is 17.6 Å². The van der Waals surface area contributed by atoms with Gasteiger partial charge in [-0.15, -0.1) is 42.0 Å². The van der Waals surface area contributed by atoms with Crippen molar-refractivity contribution < 1.29 is 33.0 Å². The molecule has 0 bridgehead atoms. The number of fused-ring (bicyclic) bond motifs is 4. The second-order valence-corrected chi connectivity index (χ2v) is 14.6. The van der Waals surface area contributed by atoms with E-state index in [1.165, 1.54) is 17.2 Å². The Morgan fingerprint density at radius 2 is 1.60 bits per heavy atom. The van der Waals surface area contributed by atoms with E-state index in [0.717, 1.165) is 61.8 Å². The van der Waals surface area contributed by atoms with Gasteiger partial charge in [0.25, 0.3) is 0 Å². The fourth-order valence-corrected chi connectivity index (χ4v) is 6.49. The summed E-state index contributed by atoms with van der Waals surface area (Å²) >= 11 is 0. The molecule has 0 saturated carbocycles. The smallest absolute Gasteiger partial charge is 0.158 e. The number of imidazole rings is 1. The molecule has 0 aliphatic rings. The summed E-state index contributed by atoms with van der Waals surface area (Å²) in [4.78, 5) is 18.2. The predicted molar refractivity (Wildman–Crippen MR) is 208 cm³/mol. The summed E-state index contributed by atoms with van der Waals surface area (Å²) in [6, 6.07) is 30.7. The summed E-state index contributed by atoms with van der Waals surface area (Å²) < 4.78 is 44.4. The summed E-state index contributed by atoms with van der Waals surface area (Å²) in [5, 5.41) is 2.14. The van der Waals surface area contributed by atoms with Gasteiger partial charge in [-0.2, -0.15) is 0 Å². The Balaban J connectivity index is 0.000000209. The van der Waals surface area contributed by atoms with Gasteiger partial charge in [0.15, 0.2) is 5.65 Å². The van der Waals surface area contributed by atoms with Crippen LogP contribution in [0.1, 0.15) is 86.7 Å². The number of para-hydroxylation sites is 2. The van der Waals surface area contributed by atoms with Crippen molar-refractivity contribution >= 4 is 33.1 Å². The summed E-state index contributed by atoms with van der Waals surface area (Å²) in [6.45, 7) is 12.8. The number of furan rings is 1. The predicted octanol–water partition coefficient (Wildman–Crippen LogP) is 11.7. The third kappa shape index (κ3) is 7.31. The minimum absolute atomic E-state index is 0. The molecule has 0 unspecified atom stereocenters. The molecule has 271 valence electrons. The topological polar surface area (TPSA) is 69.6 Å². The Hall–Kier alpha value is -5.04. The largest absolute Gasteiger partial charge is 0.501 e. The molecule has 8 rings (SSSR count). The zero-order valence-electron chi connectivity index (χ0n) is 33.7. The SMILES string of the molecule is CC(C)c1cccc(C(C)C)c1-n1c(-c2[c-]ccc3c2oc2ccccc23)nc2cncnc21.[2H]C([2H])([2H])c1c[c-]c(-c2ccc(C(C)(C)C)cn2)c(F)c1.[Ir]. The fraction of sp³-hybridized carbons (Fsp3) is 0.244. The van der Waals surface area contributed by atoms with E-state index < -0.39 is 12.7 Å². The van der Waals surface area contributed by atoms with E-state index in [9.17, 15) is 4.39 Å². The Morgan fingerprint density at radius 1 is 0.849 bits per heavy atom. The minimum Gasteiger partial charge on any atom is -0.501 e. The Labute approximate surface area is 328 Å². The van der Waals surface area contributed by atoms with E-state index in [4.69, 9.17) is 13.5 Å². The molecule has 0 fully saturated rings. The zero-order valence-corrected chi connectivity index (χ0v) is 33.1. The molecular weight excluding hydrogens is 838 g/mol. The van der Waals surface area contributed by atoms with E-state index in [1.807, 2.05) is 30.3 Å². The van der Waals surface area contributed by atoms with Gasteiger partial charge in [-0.05, 0) is 45.7 Å². The average Bonchev–Trinajstić information content (AvgIpc) is 3.73. The average molecular weight is 883 g/mol. The first-order valence-electron chi connectivity index (χ1n) is 19.0. The second-order valence-electron chi connectivity index (χ2n) is 14.6. The standard InChI is InChI=1S/C29H25N4O.C16H17FN.Ir/c1-17(2)19-10-7-11-20(18(3)4)26(19)33-28(32-24-15-30-16-31-29(24)33)23-13-8-12-22-21-9-5-6-14-25(21)34-27(22)23;1-11-5-7-13(14(17)9-11)15-8-6-12(10-18-15)16(2,3)4;/h5-12,14-18H,1-4H3;5-6,8-10H,1-4H3;/q2*-1;/i;1D3;. The van der Waals surface area contributed by atoms with Gasteiger partial charge in [-0.3, -0.25) is 9.37 Å². The van der Waals surface area contributed by atoms with Crippen LogP contribution < -0.4 is 0 Å². The molecule has 1 radical (unpaired) electrons. The van der Waals surface area contributed by atoms with Crippen molar-refractivity contribution in [2.45, 2.75) is 72.6 Å². The molecule has 6 nitrogen and oxygen atoms in total. The first-order chi connectivity index (χ1) is 26.1. The number of hydrogen-bond donors (Lipinski definition) is 0. The zero-order chi connectivity index (χ0) is 39.2. The number of hydrogen-bond acceptors (Lipinski definition) is 5. The van der Waals surface area contributed by atoms with Crippen molar-refractivity contribution in [2.24, 2.45) is 0 Å². The maximum atomic E-state index is 14.1. The van der Waals surface area contributed by atoms with E-state index in [-0.39, 0.29) is 36.6 Å². The van der Waals surface area contributed by atoms with Gasteiger partial charge < -0.3 is 14.0 Å². The van der Waals surface area contributed by atoms with E-state index in [0.29, 0.717) is 17.5 Å². The van der Waals surface area contributed by atoms with Gasteiger partial charge >= 0.3 is 0 Å². The van der Waals surface area contributed by atoms with E-state index in [1.54, 1.807) is 24.8 Å². The minimum atomic E-state index is -2.33.